The smallest absolute Gasteiger partial charge is 0.244 e. The highest BCUT2D eigenvalue weighted by Gasteiger charge is 2.22. The number of benzene rings is 1. The summed E-state index contributed by atoms with van der Waals surface area (Å²) < 4.78 is 2.90. The van der Waals surface area contributed by atoms with Crippen molar-refractivity contribution >= 4 is 6.03 Å². The lowest BCUT2D eigenvalue weighted by molar-refractivity contribution is 0.237. The summed E-state index contributed by atoms with van der Waals surface area (Å²) in [5.74, 6) is 0. The highest BCUT2D eigenvalue weighted by atomic mass is 16.2. The van der Waals surface area contributed by atoms with Crippen LogP contribution >= 0.6 is 0 Å². The second kappa shape index (κ2) is 7.92. The standard InChI is InChI=1S/C20H24N4O/c1-3-9-18-17(15-16-11-6-5-7-12-16)19(10-4-2)24(22-18)20(25)23-14-8-13-21-23/h5-8,11-14H,3-4,9-10,15H2,1-2H3. The van der Waals surface area contributed by atoms with Crippen molar-refractivity contribution in [3.63, 3.8) is 0 Å². The number of rotatable bonds is 6. The van der Waals surface area contributed by atoms with Gasteiger partial charge in [-0.2, -0.15) is 19.6 Å². The monoisotopic (exact) mass is 336 g/mol. The van der Waals surface area contributed by atoms with E-state index in [4.69, 9.17) is 0 Å². The van der Waals surface area contributed by atoms with Gasteiger partial charge >= 0.3 is 6.03 Å². The van der Waals surface area contributed by atoms with Crippen molar-refractivity contribution in [1.29, 1.82) is 0 Å². The summed E-state index contributed by atoms with van der Waals surface area (Å²) in [5, 5.41) is 8.75. The molecule has 1 aromatic carbocycles. The Hall–Kier alpha value is -2.69. The molecule has 5 nitrogen and oxygen atoms in total. The molecule has 0 fully saturated rings. The van der Waals surface area contributed by atoms with E-state index in [1.807, 2.05) is 18.2 Å². The summed E-state index contributed by atoms with van der Waals surface area (Å²) >= 11 is 0. The molecule has 2 aromatic heterocycles. The van der Waals surface area contributed by atoms with Crippen LogP contribution in [0.2, 0.25) is 0 Å². The molecule has 0 radical (unpaired) electrons. The van der Waals surface area contributed by atoms with Gasteiger partial charge in [-0.1, -0.05) is 57.0 Å². The minimum atomic E-state index is -0.217. The number of hydrogen-bond acceptors (Lipinski definition) is 3. The van der Waals surface area contributed by atoms with Gasteiger partial charge in [-0.3, -0.25) is 0 Å². The molecule has 0 aliphatic heterocycles. The molecule has 3 rings (SSSR count). The number of carbonyl (C=O) groups excluding carboxylic acids is 1. The Morgan fingerprint density at radius 2 is 1.80 bits per heavy atom. The van der Waals surface area contributed by atoms with Gasteiger partial charge in [-0.25, -0.2) is 4.79 Å². The fourth-order valence-electron chi connectivity index (χ4n) is 3.11. The predicted octanol–water partition coefficient (Wildman–Crippen LogP) is 4.09. The van der Waals surface area contributed by atoms with Gasteiger partial charge in [0, 0.05) is 24.4 Å². The third-order valence-corrected chi connectivity index (χ3v) is 4.25. The average Bonchev–Trinajstić information content (AvgIpc) is 3.27. The molecule has 0 unspecified atom stereocenters. The van der Waals surface area contributed by atoms with Crippen LogP contribution in [0.1, 0.15) is 49.2 Å². The molecule has 0 spiro atoms. The quantitative estimate of drug-likeness (QED) is 0.681. The van der Waals surface area contributed by atoms with Crippen LogP contribution in [0.5, 0.6) is 0 Å². The molecule has 0 saturated carbocycles. The van der Waals surface area contributed by atoms with Gasteiger partial charge in [0.15, 0.2) is 0 Å². The molecule has 0 bridgehead atoms. The maximum atomic E-state index is 12.8. The molecule has 0 aliphatic rings. The molecule has 2 heterocycles. The summed E-state index contributed by atoms with van der Waals surface area (Å²) in [7, 11) is 0. The van der Waals surface area contributed by atoms with Gasteiger partial charge in [0.1, 0.15) is 0 Å². The van der Waals surface area contributed by atoms with Crippen LogP contribution in [0.3, 0.4) is 0 Å². The molecule has 0 aliphatic carbocycles. The van der Waals surface area contributed by atoms with Gasteiger partial charge in [-0.15, -0.1) is 0 Å². The molecule has 0 amide bonds. The predicted molar refractivity (Wildman–Crippen MR) is 97.9 cm³/mol. The number of aromatic nitrogens is 4. The van der Waals surface area contributed by atoms with Crippen LogP contribution in [-0.2, 0) is 19.3 Å². The molecule has 3 aromatic rings. The number of carbonyl (C=O) groups is 1. The van der Waals surface area contributed by atoms with Crippen molar-refractivity contribution in [1.82, 2.24) is 19.6 Å². The summed E-state index contributed by atoms with van der Waals surface area (Å²) in [4.78, 5) is 12.8. The largest absolute Gasteiger partial charge is 0.369 e. The third kappa shape index (κ3) is 3.71. The average molecular weight is 336 g/mol. The van der Waals surface area contributed by atoms with Crippen LogP contribution in [0.4, 0.5) is 4.79 Å². The third-order valence-electron chi connectivity index (χ3n) is 4.25. The Morgan fingerprint density at radius 1 is 1.04 bits per heavy atom. The van der Waals surface area contributed by atoms with Crippen molar-refractivity contribution in [3.8, 4) is 0 Å². The second-order valence-electron chi connectivity index (χ2n) is 6.18. The highest BCUT2D eigenvalue weighted by molar-refractivity contribution is 5.78. The fourth-order valence-corrected chi connectivity index (χ4v) is 3.11. The lowest BCUT2D eigenvalue weighted by Crippen LogP contribution is -2.23. The zero-order valence-electron chi connectivity index (χ0n) is 14.9. The number of hydrogen-bond donors (Lipinski definition) is 0. The van der Waals surface area contributed by atoms with Crippen molar-refractivity contribution in [2.24, 2.45) is 0 Å². The minimum absolute atomic E-state index is 0.217. The Balaban J connectivity index is 2.06. The number of aryl methyl sites for hydroxylation is 1. The van der Waals surface area contributed by atoms with Crippen LogP contribution in [0.25, 0.3) is 0 Å². The Morgan fingerprint density at radius 3 is 2.44 bits per heavy atom. The van der Waals surface area contributed by atoms with Crippen molar-refractivity contribution < 1.29 is 4.79 Å². The second-order valence-corrected chi connectivity index (χ2v) is 6.18. The lowest BCUT2D eigenvalue weighted by Gasteiger charge is -2.08. The molecule has 130 valence electrons. The molecule has 0 N–H and O–H groups in total. The van der Waals surface area contributed by atoms with E-state index in [0.717, 1.165) is 43.5 Å². The Kier molecular flexibility index (Phi) is 5.43. The van der Waals surface area contributed by atoms with Crippen LogP contribution in [0, 0.1) is 0 Å². The molecular formula is C20H24N4O. The topological polar surface area (TPSA) is 52.7 Å². The van der Waals surface area contributed by atoms with Gasteiger partial charge in [0.25, 0.3) is 0 Å². The zero-order valence-corrected chi connectivity index (χ0v) is 14.9. The van der Waals surface area contributed by atoms with E-state index in [9.17, 15) is 4.79 Å². The van der Waals surface area contributed by atoms with Crippen LogP contribution < -0.4 is 0 Å². The summed E-state index contributed by atoms with van der Waals surface area (Å²) in [6.07, 6.45) is 7.74. The van der Waals surface area contributed by atoms with Crippen molar-refractivity contribution in [2.45, 2.75) is 46.0 Å². The molecule has 5 heteroatoms. The van der Waals surface area contributed by atoms with E-state index in [-0.39, 0.29) is 6.03 Å². The Bertz CT molecular complexity index is 819. The van der Waals surface area contributed by atoms with E-state index in [1.54, 1.807) is 23.1 Å². The first-order chi connectivity index (χ1) is 12.2. The maximum Gasteiger partial charge on any atom is 0.369 e. The molecule has 0 atom stereocenters. The SMILES string of the molecule is CCCc1nn(C(=O)n2cccn2)c(CCC)c1Cc1ccccc1. The lowest BCUT2D eigenvalue weighted by atomic mass is 9.99. The summed E-state index contributed by atoms with van der Waals surface area (Å²) in [6, 6.07) is 11.9. The van der Waals surface area contributed by atoms with Crippen LogP contribution in [0.15, 0.2) is 48.8 Å². The maximum absolute atomic E-state index is 12.8. The van der Waals surface area contributed by atoms with E-state index in [0.29, 0.717) is 0 Å². The van der Waals surface area contributed by atoms with E-state index >= 15 is 0 Å². The normalized spacial score (nSPS) is 11.0. The summed E-state index contributed by atoms with van der Waals surface area (Å²) in [5.41, 5.74) is 4.46. The van der Waals surface area contributed by atoms with Gasteiger partial charge < -0.3 is 0 Å². The van der Waals surface area contributed by atoms with E-state index < -0.39 is 0 Å². The zero-order chi connectivity index (χ0) is 17.6. The molecule has 0 saturated heterocycles. The first-order valence-electron chi connectivity index (χ1n) is 8.92. The first-order valence-corrected chi connectivity index (χ1v) is 8.92. The summed E-state index contributed by atoms with van der Waals surface area (Å²) in [6.45, 7) is 4.27. The van der Waals surface area contributed by atoms with Gasteiger partial charge in [0.2, 0.25) is 0 Å². The van der Waals surface area contributed by atoms with Crippen molar-refractivity contribution in [2.75, 3.05) is 0 Å². The Labute approximate surface area is 148 Å². The van der Waals surface area contributed by atoms with Gasteiger partial charge in [0.05, 0.1) is 11.4 Å². The highest BCUT2D eigenvalue weighted by Crippen LogP contribution is 2.22. The number of nitrogens with zero attached hydrogens (tertiary/aromatic N) is 4. The van der Waals surface area contributed by atoms with Crippen molar-refractivity contribution in [3.05, 3.63) is 71.3 Å². The molecule has 25 heavy (non-hydrogen) atoms. The fraction of sp³-hybridized carbons (Fsp3) is 0.350. The van der Waals surface area contributed by atoms with Crippen LogP contribution in [-0.4, -0.2) is 25.6 Å². The minimum Gasteiger partial charge on any atom is -0.244 e. The van der Waals surface area contributed by atoms with Gasteiger partial charge in [-0.05, 0) is 24.5 Å². The van der Waals surface area contributed by atoms with E-state index in [1.165, 1.54) is 15.8 Å². The van der Waals surface area contributed by atoms with E-state index in [2.05, 4.69) is 36.2 Å². The molecular weight excluding hydrogens is 312 g/mol. The first kappa shape index (κ1) is 17.1.